The average molecular weight is 246 g/mol. The summed E-state index contributed by atoms with van der Waals surface area (Å²) < 4.78 is 0. The lowest BCUT2D eigenvalue weighted by Gasteiger charge is -2.09. The van der Waals surface area contributed by atoms with Crippen LogP contribution in [0.2, 0.25) is 0 Å². The molecule has 0 saturated carbocycles. The Hall–Kier alpha value is -1.35. The van der Waals surface area contributed by atoms with Gasteiger partial charge < -0.3 is 5.32 Å². The maximum absolute atomic E-state index is 4.44. The number of rotatable bonds is 4. The standard InChI is InChI=1S/C14H18N2S/c1-4-12-7-5-6-8-13(12)15-9-14-10(2)16-11(3)17-14/h5-8,15H,4,9H2,1-3H3. The van der Waals surface area contributed by atoms with E-state index in [4.69, 9.17) is 0 Å². The normalized spacial score (nSPS) is 10.5. The second-order valence-electron chi connectivity index (χ2n) is 4.11. The Labute approximate surface area is 107 Å². The molecule has 0 radical (unpaired) electrons. The molecule has 0 fully saturated rings. The molecule has 0 saturated heterocycles. The van der Waals surface area contributed by atoms with E-state index in [1.165, 1.54) is 16.1 Å². The van der Waals surface area contributed by atoms with Gasteiger partial charge in [-0.15, -0.1) is 11.3 Å². The van der Waals surface area contributed by atoms with Gasteiger partial charge in [0, 0.05) is 10.6 Å². The van der Waals surface area contributed by atoms with Gasteiger partial charge in [0.2, 0.25) is 0 Å². The summed E-state index contributed by atoms with van der Waals surface area (Å²) in [5, 5.41) is 4.65. The van der Waals surface area contributed by atoms with Crippen molar-refractivity contribution in [1.82, 2.24) is 4.98 Å². The minimum atomic E-state index is 0.869. The Kier molecular flexibility index (Phi) is 3.79. The van der Waals surface area contributed by atoms with E-state index in [2.05, 4.69) is 55.3 Å². The van der Waals surface area contributed by atoms with Crippen LogP contribution in [0.3, 0.4) is 0 Å². The Morgan fingerprint density at radius 2 is 2.00 bits per heavy atom. The van der Waals surface area contributed by atoms with Crippen LogP contribution in [-0.2, 0) is 13.0 Å². The molecule has 17 heavy (non-hydrogen) atoms. The molecule has 1 aromatic heterocycles. The quantitative estimate of drug-likeness (QED) is 0.884. The number of nitrogens with zero attached hydrogens (tertiary/aromatic N) is 1. The molecular weight excluding hydrogens is 228 g/mol. The van der Waals surface area contributed by atoms with Crippen molar-refractivity contribution in [2.24, 2.45) is 0 Å². The van der Waals surface area contributed by atoms with Gasteiger partial charge in [-0.2, -0.15) is 0 Å². The first-order chi connectivity index (χ1) is 8.20. The number of benzene rings is 1. The van der Waals surface area contributed by atoms with Crippen LogP contribution in [0.25, 0.3) is 0 Å². The van der Waals surface area contributed by atoms with Crippen LogP contribution in [0.5, 0.6) is 0 Å². The first kappa shape index (κ1) is 12.1. The number of thiazole rings is 1. The summed E-state index contributed by atoms with van der Waals surface area (Å²) in [4.78, 5) is 5.77. The third-order valence-corrected chi connectivity index (χ3v) is 3.91. The summed E-state index contributed by atoms with van der Waals surface area (Å²) in [5.41, 5.74) is 3.75. The summed E-state index contributed by atoms with van der Waals surface area (Å²) in [6.45, 7) is 7.18. The fraction of sp³-hybridized carbons (Fsp3) is 0.357. The molecule has 0 aliphatic carbocycles. The summed E-state index contributed by atoms with van der Waals surface area (Å²) in [5.74, 6) is 0. The van der Waals surface area contributed by atoms with Crippen LogP contribution in [0, 0.1) is 13.8 Å². The monoisotopic (exact) mass is 246 g/mol. The van der Waals surface area contributed by atoms with Crippen molar-refractivity contribution < 1.29 is 0 Å². The van der Waals surface area contributed by atoms with Gasteiger partial charge in [-0.25, -0.2) is 4.98 Å². The van der Waals surface area contributed by atoms with E-state index < -0.39 is 0 Å². The zero-order valence-electron chi connectivity index (χ0n) is 10.6. The molecule has 1 aromatic carbocycles. The number of aromatic nitrogens is 1. The maximum atomic E-state index is 4.44. The van der Waals surface area contributed by atoms with E-state index in [1.807, 2.05) is 0 Å². The molecule has 2 aromatic rings. The van der Waals surface area contributed by atoms with Crippen LogP contribution in [0.4, 0.5) is 5.69 Å². The molecule has 0 atom stereocenters. The van der Waals surface area contributed by atoms with Gasteiger partial charge in [-0.05, 0) is 31.9 Å². The summed E-state index contributed by atoms with van der Waals surface area (Å²) in [7, 11) is 0. The van der Waals surface area contributed by atoms with Crippen molar-refractivity contribution in [2.75, 3.05) is 5.32 Å². The zero-order valence-corrected chi connectivity index (χ0v) is 11.4. The molecule has 0 amide bonds. The lowest BCUT2D eigenvalue weighted by molar-refractivity contribution is 1.08. The SMILES string of the molecule is CCc1ccccc1NCc1sc(C)nc1C. The average Bonchev–Trinajstić information content (AvgIpc) is 2.65. The van der Waals surface area contributed by atoms with Crippen LogP contribution >= 0.6 is 11.3 Å². The Bertz CT molecular complexity index is 503. The predicted octanol–water partition coefficient (Wildman–Crippen LogP) is 3.93. The number of hydrogen-bond acceptors (Lipinski definition) is 3. The first-order valence-corrected chi connectivity index (χ1v) is 6.77. The van der Waals surface area contributed by atoms with E-state index in [9.17, 15) is 0 Å². The Morgan fingerprint density at radius 1 is 1.24 bits per heavy atom. The molecule has 0 aliphatic rings. The fourth-order valence-corrected chi connectivity index (χ4v) is 2.79. The van der Waals surface area contributed by atoms with Crippen LogP contribution in [0.1, 0.15) is 28.1 Å². The molecule has 1 N–H and O–H groups in total. The number of para-hydroxylation sites is 1. The van der Waals surface area contributed by atoms with E-state index in [0.717, 1.165) is 23.7 Å². The van der Waals surface area contributed by atoms with Gasteiger partial charge in [-0.1, -0.05) is 25.1 Å². The van der Waals surface area contributed by atoms with E-state index in [1.54, 1.807) is 11.3 Å². The van der Waals surface area contributed by atoms with Gasteiger partial charge in [0.25, 0.3) is 0 Å². The number of hydrogen-bond donors (Lipinski definition) is 1. The topological polar surface area (TPSA) is 24.9 Å². The lowest BCUT2D eigenvalue weighted by Crippen LogP contribution is -2.01. The highest BCUT2D eigenvalue weighted by molar-refractivity contribution is 7.11. The molecule has 0 bridgehead atoms. The van der Waals surface area contributed by atoms with Crippen molar-refractivity contribution in [3.8, 4) is 0 Å². The highest BCUT2D eigenvalue weighted by Crippen LogP contribution is 2.21. The highest BCUT2D eigenvalue weighted by atomic mass is 32.1. The molecule has 0 aliphatic heterocycles. The molecule has 0 unspecified atom stereocenters. The minimum absolute atomic E-state index is 0.869. The second kappa shape index (κ2) is 5.32. The maximum Gasteiger partial charge on any atom is 0.0900 e. The molecule has 0 spiro atoms. The molecular formula is C14H18N2S. The van der Waals surface area contributed by atoms with Crippen molar-refractivity contribution >= 4 is 17.0 Å². The van der Waals surface area contributed by atoms with Gasteiger partial charge in [0.15, 0.2) is 0 Å². The molecule has 90 valence electrons. The summed E-state index contributed by atoms with van der Waals surface area (Å²) >= 11 is 1.77. The minimum Gasteiger partial charge on any atom is -0.380 e. The molecule has 3 heteroatoms. The van der Waals surface area contributed by atoms with Gasteiger partial charge in [-0.3, -0.25) is 0 Å². The second-order valence-corrected chi connectivity index (χ2v) is 5.39. The summed E-state index contributed by atoms with van der Waals surface area (Å²) in [6, 6.07) is 8.48. The Morgan fingerprint density at radius 3 is 2.65 bits per heavy atom. The molecule has 2 rings (SSSR count). The predicted molar refractivity (Wildman–Crippen MR) is 74.7 cm³/mol. The van der Waals surface area contributed by atoms with E-state index in [0.29, 0.717) is 0 Å². The van der Waals surface area contributed by atoms with Crippen LogP contribution < -0.4 is 5.32 Å². The molecule has 1 heterocycles. The Balaban J connectivity index is 2.09. The fourth-order valence-electron chi connectivity index (χ4n) is 1.91. The van der Waals surface area contributed by atoms with Crippen molar-refractivity contribution in [3.63, 3.8) is 0 Å². The number of nitrogens with one attached hydrogen (secondary N) is 1. The third-order valence-electron chi connectivity index (χ3n) is 2.84. The lowest BCUT2D eigenvalue weighted by atomic mass is 10.1. The van der Waals surface area contributed by atoms with Gasteiger partial charge in [0.1, 0.15) is 0 Å². The van der Waals surface area contributed by atoms with Gasteiger partial charge >= 0.3 is 0 Å². The van der Waals surface area contributed by atoms with Crippen molar-refractivity contribution in [3.05, 3.63) is 45.4 Å². The summed E-state index contributed by atoms with van der Waals surface area (Å²) in [6.07, 6.45) is 1.06. The largest absolute Gasteiger partial charge is 0.380 e. The van der Waals surface area contributed by atoms with Crippen molar-refractivity contribution in [2.45, 2.75) is 33.7 Å². The first-order valence-electron chi connectivity index (χ1n) is 5.95. The van der Waals surface area contributed by atoms with E-state index >= 15 is 0 Å². The van der Waals surface area contributed by atoms with Crippen molar-refractivity contribution in [1.29, 1.82) is 0 Å². The van der Waals surface area contributed by atoms with Crippen LogP contribution in [-0.4, -0.2) is 4.98 Å². The smallest absolute Gasteiger partial charge is 0.0900 e. The van der Waals surface area contributed by atoms with Gasteiger partial charge in [0.05, 0.1) is 17.2 Å². The highest BCUT2D eigenvalue weighted by Gasteiger charge is 2.05. The third kappa shape index (κ3) is 2.86. The van der Waals surface area contributed by atoms with Crippen LogP contribution in [0.15, 0.2) is 24.3 Å². The molecule has 2 nitrogen and oxygen atoms in total. The number of aryl methyl sites for hydroxylation is 3. The zero-order chi connectivity index (χ0) is 12.3. The van der Waals surface area contributed by atoms with E-state index in [-0.39, 0.29) is 0 Å². The number of anilines is 1.